The number of nitrogens with one attached hydrogen (secondary N) is 1. The summed E-state index contributed by atoms with van der Waals surface area (Å²) in [5.41, 5.74) is -1.59. The zero-order chi connectivity index (χ0) is 17.1. The fourth-order valence-electron chi connectivity index (χ4n) is 1.58. The van der Waals surface area contributed by atoms with E-state index < -0.39 is 49.4 Å². The second-order valence-electron chi connectivity index (χ2n) is 4.43. The molecule has 0 aliphatic heterocycles. The Hall–Kier alpha value is -1.56. The first-order valence-corrected chi connectivity index (χ1v) is 8.08. The van der Waals surface area contributed by atoms with E-state index in [9.17, 15) is 26.7 Å². The molecule has 0 unspecified atom stereocenters. The van der Waals surface area contributed by atoms with Gasteiger partial charge in [0, 0.05) is 12.6 Å². The molecule has 0 aliphatic rings. The molecular formula is C11H12F5NO4Si. The third-order valence-corrected chi connectivity index (χ3v) is 3.69. The highest BCUT2D eigenvalue weighted by Gasteiger charge is 2.29. The van der Waals surface area contributed by atoms with Gasteiger partial charge in [-0.25, -0.2) is 22.0 Å². The molecule has 0 fully saturated rings. The molecular weight excluding hydrogens is 333 g/mol. The summed E-state index contributed by atoms with van der Waals surface area (Å²) in [6.07, 6.45) is 0.171. The van der Waals surface area contributed by atoms with E-state index in [0.717, 1.165) is 0 Å². The van der Waals surface area contributed by atoms with Crippen LogP contribution in [-0.2, 0) is 0 Å². The van der Waals surface area contributed by atoms with Gasteiger partial charge in [-0.3, -0.25) is 4.79 Å². The van der Waals surface area contributed by atoms with Crippen LogP contribution in [0.5, 0.6) is 0 Å². The molecule has 4 N–H and O–H groups in total. The Kier molecular flexibility index (Phi) is 5.99. The van der Waals surface area contributed by atoms with Crippen molar-refractivity contribution < 1.29 is 41.1 Å². The highest BCUT2D eigenvalue weighted by molar-refractivity contribution is 6.56. The van der Waals surface area contributed by atoms with Crippen LogP contribution in [0.1, 0.15) is 23.2 Å². The van der Waals surface area contributed by atoms with Crippen molar-refractivity contribution in [3.05, 3.63) is 34.6 Å². The normalized spacial score (nSPS) is 11.6. The van der Waals surface area contributed by atoms with E-state index in [4.69, 9.17) is 14.4 Å². The van der Waals surface area contributed by atoms with Gasteiger partial charge in [0.15, 0.2) is 23.3 Å². The van der Waals surface area contributed by atoms with Crippen molar-refractivity contribution in [2.75, 3.05) is 6.54 Å². The predicted octanol–water partition coefficient (Wildman–Crippen LogP) is 0.808. The Balaban J connectivity index is 2.71. The highest BCUT2D eigenvalue weighted by atomic mass is 28.4. The van der Waals surface area contributed by atoms with Crippen LogP contribution in [0, 0.1) is 29.1 Å². The highest BCUT2D eigenvalue weighted by Crippen LogP contribution is 2.22. The third kappa shape index (κ3) is 4.46. The quantitative estimate of drug-likeness (QED) is 0.202. The monoisotopic (exact) mass is 345 g/mol. The number of hydrogen-bond donors (Lipinski definition) is 4. The molecule has 124 valence electrons. The van der Waals surface area contributed by atoms with E-state index in [0.29, 0.717) is 0 Å². The molecule has 0 saturated heterocycles. The van der Waals surface area contributed by atoms with Crippen LogP contribution in [0.3, 0.4) is 0 Å². The molecule has 5 nitrogen and oxygen atoms in total. The van der Waals surface area contributed by atoms with E-state index in [1.54, 1.807) is 0 Å². The average molecular weight is 345 g/mol. The van der Waals surface area contributed by atoms with Crippen LogP contribution in [0.2, 0.25) is 6.04 Å². The molecule has 0 aromatic heterocycles. The number of benzene rings is 1. The number of rotatable bonds is 6. The molecule has 22 heavy (non-hydrogen) atoms. The number of amides is 1. The summed E-state index contributed by atoms with van der Waals surface area (Å²) < 4.78 is 65.3. The lowest BCUT2D eigenvalue weighted by Crippen LogP contribution is -2.34. The van der Waals surface area contributed by atoms with Crippen molar-refractivity contribution in [1.82, 2.24) is 5.32 Å². The predicted molar refractivity (Wildman–Crippen MR) is 65.0 cm³/mol. The van der Waals surface area contributed by atoms with Gasteiger partial charge in [-0.1, -0.05) is 0 Å². The Morgan fingerprint density at radius 3 is 1.77 bits per heavy atom. The number of hydrogen-bond acceptors (Lipinski definition) is 4. The van der Waals surface area contributed by atoms with Gasteiger partial charge in [0.2, 0.25) is 5.82 Å². The SMILES string of the molecule is O=C(NCCCC[Si](O)(O)O)c1c(F)c(F)c(F)c(F)c1F. The van der Waals surface area contributed by atoms with Crippen molar-refractivity contribution in [3.63, 3.8) is 0 Å². The maximum absolute atomic E-state index is 13.3. The smallest absolute Gasteiger partial charge is 0.390 e. The molecule has 0 atom stereocenters. The van der Waals surface area contributed by atoms with Gasteiger partial charge in [0.25, 0.3) is 5.91 Å². The summed E-state index contributed by atoms with van der Waals surface area (Å²) in [4.78, 5) is 37.6. The number of unbranched alkanes of at least 4 members (excludes halogenated alkanes) is 1. The summed E-state index contributed by atoms with van der Waals surface area (Å²) in [6.45, 7) is -0.219. The average Bonchev–Trinajstić information content (AvgIpc) is 2.41. The molecule has 0 saturated carbocycles. The molecule has 0 aliphatic carbocycles. The minimum atomic E-state index is -4.21. The van der Waals surface area contributed by atoms with E-state index in [-0.39, 0.29) is 25.4 Å². The van der Waals surface area contributed by atoms with Crippen LogP contribution in [0.15, 0.2) is 0 Å². The molecule has 1 amide bonds. The lowest BCUT2D eigenvalue weighted by atomic mass is 10.1. The molecule has 0 heterocycles. The van der Waals surface area contributed by atoms with Crippen LogP contribution in [-0.4, -0.2) is 35.6 Å². The zero-order valence-corrected chi connectivity index (χ0v) is 12.0. The van der Waals surface area contributed by atoms with Crippen molar-refractivity contribution in [1.29, 1.82) is 0 Å². The fraction of sp³-hybridized carbons (Fsp3) is 0.364. The van der Waals surface area contributed by atoms with Crippen LogP contribution in [0.4, 0.5) is 22.0 Å². The van der Waals surface area contributed by atoms with Crippen LogP contribution in [0.25, 0.3) is 0 Å². The summed E-state index contributed by atoms with van der Waals surface area (Å²) in [6, 6.07) is -0.314. The third-order valence-electron chi connectivity index (χ3n) is 2.66. The van der Waals surface area contributed by atoms with Gasteiger partial charge in [0.1, 0.15) is 5.56 Å². The van der Waals surface area contributed by atoms with Gasteiger partial charge in [-0.2, -0.15) is 0 Å². The van der Waals surface area contributed by atoms with Crippen molar-refractivity contribution in [3.8, 4) is 0 Å². The second kappa shape index (κ2) is 7.13. The lowest BCUT2D eigenvalue weighted by molar-refractivity contribution is 0.0941. The summed E-state index contributed by atoms with van der Waals surface area (Å²) >= 11 is 0. The standard InChI is InChI=1S/C11H12F5NO4Si/c12-6-5(7(13)9(15)10(16)8(6)14)11(18)17-3-1-2-4-22(19,20)21/h19-21H,1-4H2,(H,17,18). The van der Waals surface area contributed by atoms with Gasteiger partial charge in [-0.15, -0.1) is 0 Å². The lowest BCUT2D eigenvalue weighted by Gasteiger charge is -2.10. The van der Waals surface area contributed by atoms with Crippen LogP contribution >= 0.6 is 0 Å². The van der Waals surface area contributed by atoms with Gasteiger partial charge >= 0.3 is 8.80 Å². The minimum Gasteiger partial charge on any atom is -0.390 e. The number of carbonyl (C=O) groups excluding carboxylic acids is 1. The maximum Gasteiger partial charge on any atom is 0.492 e. The zero-order valence-electron chi connectivity index (χ0n) is 11.0. The Morgan fingerprint density at radius 1 is 0.864 bits per heavy atom. The number of halogens is 5. The molecule has 1 rings (SSSR count). The number of carbonyl (C=O) groups is 1. The summed E-state index contributed by atoms with van der Waals surface area (Å²) in [5, 5.41) is 1.94. The maximum atomic E-state index is 13.3. The molecule has 11 heteroatoms. The van der Waals surface area contributed by atoms with E-state index in [1.807, 2.05) is 5.32 Å². The van der Waals surface area contributed by atoms with Gasteiger partial charge in [0.05, 0.1) is 0 Å². The largest absolute Gasteiger partial charge is 0.492 e. The molecule has 1 aromatic rings. The first-order valence-electron chi connectivity index (χ1n) is 6.03. The fourth-order valence-corrected chi connectivity index (χ4v) is 2.31. The van der Waals surface area contributed by atoms with Gasteiger partial charge in [-0.05, 0) is 12.8 Å². The molecule has 0 radical (unpaired) electrons. The second-order valence-corrected chi connectivity index (χ2v) is 6.48. The minimum absolute atomic E-state index is 0.0765. The van der Waals surface area contributed by atoms with Gasteiger partial charge < -0.3 is 19.7 Å². The van der Waals surface area contributed by atoms with Crippen LogP contribution < -0.4 is 5.32 Å². The summed E-state index contributed by atoms with van der Waals surface area (Å²) in [7, 11) is -4.21. The first kappa shape index (κ1) is 18.5. The molecule has 0 spiro atoms. The molecule has 0 bridgehead atoms. The molecule has 1 aromatic carbocycles. The van der Waals surface area contributed by atoms with Crippen molar-refractivity contribution in [2.24, 2.45) is 0 Å². The summed E-state index contributed by atoms with van der Waals surface area (Å²) in [5.74, 6) is -12.8. The van der Waals surface area contributed by atoms with E-state index in [2.05, 4.69) is 0 Å². The topological polar surface area (TPSA) is 89.8 Å². The van der Waals surface area contributed by atoms with Crippen molar-refractivity contribution in [2.45, 2.75) is 18.9 Å². The first-order chi connectivity index (χ1) is 10.1. The van der Waals surface area contributed by atoms with E-state index >= 15 is 0 Å². The van der Waals surface area contributed by atoms with Crippen molar-refractivity contribution >= 4 is 14.7 Å². The van der Waals surface area contributed by atoms with E-state index in [1.165, 1.54) is 0 Å². The Bertz CT molecular complexity index is 550. The Labute approximate surface area is 122 Å². The Morgan fingerprint density at radius 2 is 1.32 bits per heavy atom.